The third kappa shape index (κ3) is 3.04. The largest absolute Gasteiger partial charge is 0.265 e. The van der Waals surface area contributed by atoms with E-state index in [0.717, 1.165) is 11.1 Å². The van der Waals surface area contributed by atoms with E-state index in [1.165, 1.54) is 6.07 Å². The van der Waals surface area contributed by atoms with Gasteiger partial charge in [0.05, 0.1) is 5.38 Å². The number of hydrogen-bond acceptors (Lipinski definition) is 1. The predicted octanol–water partition coefficient (Wildman–Crippen LogP) is 4.05. The van der Waals surface area contributed by atoms with Gasteiger partial charge in [0.2, 0.25) is 0 Å². The third-order valence-corrected chi connectivity index (χ3v) is 3.13. The normalized spacial score (nSPS) is 12.4. The van der Waals surface area contributed by atoms with E-state index in [4.69, 9.17) is 11.6 Å². The first-order valence-electron chi connectivity index (χ1n) is 5.46. The van der Waals surface area contributed by atoms with E-state index >= 15 is 0 Å². The van der Waals surface area contributed by atoms with Crippen LogP contribution in [0.25, 0.3) is 0 Å². The van der Waals surface area contributed by atoms with Gasteiger partial charge in [0, 0.05) is 12.4 Å². The zero-order chi connectivity index (χ0) is 12.3. The molecule has 0 radical (unpaired) electrons. The van der Waals surface area contributed by atoms with Gasteiger partial charge in [-0.2, -0.15) is 0 Å². The number of rotatable bonds is 3. The second kappa shape index (κ2) is 5.28. The molecule has 1 nitrogen and oxygen atoms in total. The van der Waals surface area contributed by atoms with E-state index in [2.05, 4.69) is 4.98 Å². The van der Waals surface area contributed by atoms with Crippen molar-refractivity contribution in [1.29, 1.82) is 0 Å². The van der Waals surface area contributed by atoms with Crippen molar-refractivity contribution in [3.8, 4) is 0 Å². The Labute approximate surface area is 105 Å². The van der Waals surface area contributed by atoms with Gasteiger partial charge < -0.3 is 0 Å². The molecule has 2 aromatic rings. The summed E-state index contributed by atoms with van der Waals surface area (Å²) in [6, 6.07) is 8.97. The van der Waals surface area contributed by atoms with Gasteiger partial charge in [-0.3, -0.25) is 4.98 Å². The zero-order valence-electron chi connectivity index (χ0n) is 9.53. The van der Waals surface area contributed by atoms with Gasteiger partial charge >= 0.3 is 0 Å². The topological polar surface area (TPSA) is 12.9 Å². The molecule has 1 atom stereocenters. The summed E-state index contributed by atoms with van der Waals surface area (Å²) in [6.07, 6.45) is 4.13. The Morgan fingerprint density at radius 2 is 1.94 bits per heavy atom. The third-order valence-electron chi connectivity index (χ3n) is 2.72. The number of aromatic nitrogens is 1. The van der Waals surface area contributed by atoms with Crippen LogP contribution in [0.1, 0.15) is 22.1 Å². The fraction of sp³-hybridized carbons (Fsp3) is 0.214. The summed E-state index contributed by atoms with van der Waals surface area (Å²) < 4.78 is 13.4. The molecule has 1 heterocycles. The number of nitrogens with zero attached hydrogens (tertiary/aromatic N) is 1. The Kier molecular flexibility index (Phi) is 3.75. The lowest BCUT2D eigenvalue weighted by Gasteiger charge is -2.10. The molecule has 3 heteroatoms. The molecule has 0 N–H and O–H groups in total. The van der Waals surface area contributed by atoms with Gasteiger partial charge in [-0.15, -0.1) is 11.6 Å². The summed E-state index contributed by atoms with van der Waals surface area (Å²) >= 11 is 6.28. The number of hydrogen-bond donors (Lipinski definition) is 0. The molecule has 2 rings (SSSR count). The van der Waals surface area contributed by atoms with Crippen molar-refractivity contribution in [2.45, 2.75) is 18.7 Å². The fourth-order valence-electron chi connectivity index (χ4n) is 1.65. The van der Waals surface area contributed by atoms with E-state index in [-0.39, 0.29) is 11.2 Å². The Balaban J connectivity index is 2.14. The molecular weight excluding hydrogens is 237 g/mol. The van der Waals surface area contributed by atoms with Gasteiger partial charge in [0.25, 0.3) is 0 Å². The first-order chi connectivity index (χ1) is 8.16. The standard InChI is InChI=1S/C14H13ClFN/c1-10-2-3-12(9-14(10)16)13(15)8-11-4-6-17-7-5-11/h2-7,9,13H,8H2,1H3. The Morgan fingerprint density at radius 1 is 1.24 bits per heavy atom. The van der Waals surface area contributed by atoms with Crippen LogP contribution in [0.5, 0.6) is 0 Å². The van der Waals surface area contributed by atoms with Crippen LogP contribution in [0.15, 0.2) is 42.7 Å². The van der Waals surface area contributed by atoms with Crippen LogP contribution >= 0.6 is 11.6 Å². The van der Waals surface area contributed by atoms with Crippen molar-refractivity contribution in [3.05, 3.63) is 65.2 Å². The smallest absolute Gasteiger partial charge is 0.126 e. The average Bonchev–Trinajstić information content (AvgIpc) is 2.34. The molecule has 1 aromatic heterocycles. The van der Waals surface area contributed by atoms with E-state index in [1.807, 2.05) is 18.2 Å². The maximum atomic E-state index is 13.4. The van der Waals surface area contributed by atoms with Crippen molar-refractivity contribution in [2.24, 2.45) is 0 Å². The second-order valence-electron chi connectivity index (χ2n) is 4.04. The number of benzene rings is 1. The first kappa shape index (κ1) is 12.1. The van der Waals surface area contributed by atoms with E-state index in [1.54, 1.807) is 25.4 Å². The number of aryl methyl sites for hydroxylation is 1. The van der Waals surface area contributed by atoms with Crippen LogP contribution in [0.3, 0.4) is 0 Å². The van der Waals surface area contributed by atoms with Crippen LogP contribution in [-0.2, 0) is 6.42 Å². The molecule has 1 unspecified atom stereocenters. The van der Waals surface area contributed by atoms with Gasteiger partial charge in [0.1, 0.15) is 5.82 Å². The van der Waals surface area contributed by atoms with Crippen LogP contribution in [-0.4, -0.2) is 4.98 Å². The molecular formula is C14H13ClFN. The quantitative estimate of drug-likeness (QED) is 0.748. The van der Waals surface area contributed by atoms with Crippen LogP contribution in [0.2, 0.25) is 0 Å². The van der Waals surface area contributed by atoms with E-state index in [0.29, 0.717) is 12.0 Å². The molecule has 17 heavy (non-hydrogen) atoms. The average molecular weight is 250 g/mol. The summed E-state index contributed by atoms with van der Waals surface area (Å²) in [7, 11) is 0. The number of halogens is 2. The number of pyridine rings is 1. The molecule has 0 saturated heterocycles. The van der Waals surface area contributed by atoms with Crippen LogP contribution in [0.4, 0.5) is 4.39 Å². The van der Waals surface area contributed by atoms with E-state index in [9.17, 15) is 4.39 Å². The lowest BCUT2D eigenvalue weighted by Crippen LogP contribution is -1.97. The van der Waals surface area contributed by atoms with Crippen molar-refractivity contribution < 1.29 is 4.39 Å². The zero-order valence-corrected chi connectivity index (χ0v) is 10.3. The molecule has 0 aliphatic rings. The van der Waals surface area contributed by atoms with Crippen molar-refractivity contribution in [3.63, 3.8) is 0 Å². The minimum absolute atomic E-state index is 0.206. The highest BCUT2D eigenvalue weighted by atomic mass is 35.5. The highest BCUT2D eigenvalue weighted by Crippen LogP contribution is 2.26. The van der Waals surface area contributed by atoms with Crippen molar-refractivity contribution in [1.82, 2.24) is 4.98 Å². The minimum atomic E-state index is -0.215. The molecule has 0 bridgehead atoms. The SMILES string of the molecule is Cc1ccc(C(Cl)Cc2ccncc2)cc1F. The summed E-state index contributed by atoms with van der Waals surface area (Å²) in [4.78, 5) is 3.95. The molecule has 1 aromatic carbocycles. The summed E-state index contributed by atoms with van der Waals surface area (Å²) in [5.74, 6) is -0.206. The van der Waals surface area contributed by atoms with Crippen molar-refractivity contribution >= 4 is 11.6 Å². The number of alkyl halides is 1. The van der Waals surface area contributed by atoms with E-state index < -0.39 is 0 Å². The lowest BCUT2D eigenvalue weighted by atomic mass is 10.0. The fourth-order valence-corrected chi connectivity index (χ4v) is 1.96. The summed E-state index contributed by atoms with van der Waals surface area (Å²) in [5, 5.41) is -0.215. The van der Waals surface area contributed by atoms with Gasteiger partial charge in [-0.25, -0.2) is 4.39 Å². The molecule has 0 fully saturated rings. The van der Waals surface area contributed by atoms with Gasteiger partial charge in [-0.1, -0.05) is 12.1 Å². The molecule has 88 valence electrons. The molecule has 0 spiro atoms. The molecule has 0 amide bonds. The maximum Gasteiger partial charge on any atom is 0.126 e. The summed E-state index contributed by atoms with van der Waals surface area (Å²) in [6.45, 7) is 1.74. The molecule has 0 aliphatic carbocycles. The predicted molar refractivity (Wildman–Crippen MR) is 67.7 cm³/mol. The van der Waals surface area contributed by atoms with Gasteiger partial charge in [0.15, 0.2) is 0 Å². The first-order valence-corrected chi connectivity index (χ1v) is 5.89. The Bertz CT molecular complexity index is 499. The Morgan fingerprint density at radius 3 is 2.59 bits per heavy atom. The van der Waals surface area contributed by atoms with Gasteiger partial charge in [-0.05, 0) is 48.2 Å². The Hall–Kier alpha value is -1.41. The highest BCUT2D eigenvalue weighted by Gasteiger charge is 2.10. The maximum absolute atomic E-state index is 13.4. The minimum Gasteiger partial charge on any atom is -0.265 e. The van der Waals surface area contributed by atoms with Crippen LogP contribution in [0, 0.1) is 12.7 Å². The summed E-state index contributed by atoms with van der Waals surface area (Å²) in [5.41, 5.74) is 2.55. The van der Waals surface area contributed by atoms with Crippen LogP contribution < -0.4 is 0 Å². The lowest BCUT2D eigenvalue weighted by molar-refractivity contribution is 0.615. The molecule has 0 aliphatic heterocycles. The highest BCUT2D eigenvalue weighted by molar-refractivity contribution is 6.20. The van der Waals surface area contributed by atoms with Crippen molar-refractivity contribution in [2.75, 3.05) is 0 Å². The monoisotopic (exact) mass is 249 g/mol. The molecule has 0 saturated carbocycles. The second-order valence-corrected chi connectivity index (χ2v) is 4.56.